The van der Waals surface area contributed by atoms with Gasteiger partial charge in [0.2, 0.25) is 0 Å². The van der Waals surface area contributed by atoms with Crippen LogP contribution in [0.15, 0.2) is 18.2 Å². The van der Waals surface area contributed by atoms with E-state index in [2.05, 4.69) is 0 Å². The second-order valence-corrected chi connectivity index (χ2v) is 4.98. The highest BCUT2D eigenvalue weighted by atomic mass is 35.5. The zero-order valence-electron chi connectivity index (χ0n) is 9.75. The molecular weight excluding hydrogens is 243 g/mol. The van der Waals surface area contributed by atoms with Gasteiger partial charge in [0.15, 0.2) is 0 Å². The molecule has 0 atom stereocenters. The van der Waals surface area contributed by atoms with Gasteiger partial charge < -0.3 is 9.84 Å². The van der Waals surface area contributed by atoms with Crippen molar-refractivity contribution in [2.24, 2.45) is 0 Å². The lowest BCUT2D eigenvalue weighted by atomic mass is 9.73. The van der Waals surface area contributed by atoms with Crippen LogP contribution in [0.2, 0.25) is 5.02 Å². The second-order valence-electron chi connectivity index (χ2n) is 4.60. The topological polar surface area (TPSA) is 29.5 Å². The highest BCUT2D eigenvalue weighted by Crippen LogP contribution is 2.38. The quantitative estimate of drug-likeness (QED) is 0.900. The Labute approximate surface area is 105 Å². The Morgan fingerprint density at radius 2 is 2.24 bits per heavy atom. The molecule has 0 spiro atoms. The highest BCUT2D eigenvalue weighted by Gasteiger charge is 2.43. The summed E-state index contributed by atoms with van der Waals surface area (Å²) in [6.45, 7) is 2.59. The fourth-order valence-electron chi connectivity index (χ4n) is 2.33. The third-order valence-corrected chi connectivity index (χ3v) is 3.59. The molecule has 1 aromatic carbocycles. The Kier molecular flexibility index (Phi) is 3.71. The van der Waals surface area contributed by atoms with Crippen LogP contribution >= 0.6 is 11.6 Å². The van der Waals surface area contributed by atoms with Crippen LogP contribution in [0.25, 0.3) is 0 Å². The molecule has 1 fully saturated rings. The van der Waals surface area contributed by atoms with Crippen molar-refractivity contribution in [3.63, 3.8) is 0 Å². The molecule has 94 valence electrons. The van der Waals surface area contributed by atoms with Crippen molar-refractivity contribution in [1.82, 2.24) is 0 Å². The fourth-order valence-corrected chi connectivity index (χ4v) is 2.52. The minimum absolute atomic E-state index is 0.112. The van der Waals surface area contributed by atoms with E-state index >= 15 is 0 Å². The fraction of sp³-hybridized carbons (Fsp3) is 0.538. The molecule has 1 saturated carbocycles. The molecule has 1 aliphatic rings. The SMILES string of the molecule is CCOC1CC(O)(Cc2cccc(F)c2Cl)C1. The Morgan fingerprint density at radius 3 is 2.88 bits per heavy atom. The smallest absolute Gasteiger partial charge is 0.142 e. The lowest BCUT2D eigenvalue weighted by molar-refractivity contribution is -0.136. The van der Waals surface area contributed by atoms with E-state index < -0.39 is 11.4 Å². The molecule has 1 aliphatic carbocycles. The van der Waals surface area contributed by atoms with Gasteiger partial charge in [-0.15, -0.1) is 0 Å². The van der Waals surface area contributed by atoms with Crippen LogP contribution in [-0.2, 0) is 11.2 Å². The van der Waals surface area contributed by atoms with E-state index in [1.807, 2.05) is 6.92 Å². The largest absolute Gasteiger partial charge is 0.389 e. The van der Waals surface area contributed by atoms with Crippen LogP contribution in [0.3, 0.4) is 0 Å². The third-order valence-electron chi connectivity index (χ3n) is 3.17. The molecule has 1 N–H and O–H groups in total. The normalized spacial score (nSPS) is 27.9. The first-order valence-electron chi connectivity index (χ1n) is 5.81. The van der Waals surface area contributed by atoms with Gasteiger partial charge in [-0.1, -0.05) is 23.7 Å². The monoisotopic (exact) mass is 258 g/mol. The van der Waals surface area contributed by atoms with Crippen molar-refractivity contribution in [2.45, 2.75) is 37.9 Å². The summed E-state index contributed by atoms with van der Waals surface area (Å²) in [5, 5.41) is 10.3. The maximum Gasteiger partial charge on any atom is 0.142 e. The molecule has 0 saturated heterocycles. The van der Waals surface area contributed by atoms with Gasteiger partial charge in [-0.25, -0.2) is 4.39 Å². The van der Waals surface area contributed by atoms with Crippen LogP contribution < -0.4 is 0 Å². The minimum Gasteiger partial charge on any atom is -0.389 e. The lowest BCUT2D eigenvalue weighted by Crippen LogP contribution is -2.50. The van der Waals surface area contributed by atoms with Crippen LogP contribution in [0, 0.1) is 5.82 Å². The Balaban J connectivity index is 2.00. The Morgan fingerprint density at radius 1 is 1.53 bits per heavy atom. The molecule has 0 unspecified atom stereocenters. The van der Waals surface area contributed by atoms with Gasteiger partial charge in [-0.05, 0) is 18.6 Å². The number of ether oxygens (including phenoxy) is 1. The van der Waals surface area contributed by atoms with E-state index in [9.17, 15) is 9.50 Å². The van der Waals surface area contributed by atoms with Crippen LogP contribution in [0.4, 0.5) is 4.39 Å². The highest BCUT2D eigenvalue weighted by molar-refractivity contribution is 6.31. The van der Waals surface area contributed by atoms with Gasteiger partial charge in [-0.3, -0.25) is 0 Å². The molecule has 0 bridgehead atoms. The maximum absolute atomic E-state index is 13.2. The second kappa shape index (κ2) is 4.92. The van der Waals surface area contributed by atoms with E-state index in [1.165, 1.54) is 6.07 Å². The molecule has 0 amide bonds. The van der Waals surface area contributed by atoms with E-state index in [0.717, 1.165) is 0 Å². The summed E-state index contributed by atoms with van der Waals surface area (Å²) in [6, 6.07) is 4.68. The first-order valence-corrected chi connectivity index (χ1v) is 6.19. The van der Waals surface area contributed by atoms with Gasteiger partial charge >= 0.3 is 0 Å². The minimum atomic E-state index is -0.794. The number of rotatable bonds is 4. The van der Waals surface area contributed by atoms with Crippen molar-refractivity contribution in [1.29, 1.82) is 0 Å². The molecule has 4 heteroatoms. The Hall–Kier alpha value is -0.640. The molecule has 1 aromatic rings. The van der Waals surface area contributed by atoms with Crippen molar-refractivity contribution < 1.29 is 14.2 Å². The van der Waals surface area contributed by atoms with E-state index in [0.29, 0.717) is 31.4 Å². The zero-order valence-corrected chi connectivity index (χ0v) is 10.5. The van der Waals surface area contributed by atoms with E-state index in [-0.39, 0.29) is 11.1 Å². The average Bonchev–Trinajstić information content (AvgIpc) is 2.23. The number of hydrogen-bond acceptors (Lipinski definition) is 2. The summed E-state index contributed by atoms with van der Waals surface area (Å²) >= 11 is 5.86. The van der Waals surface area contributed by atoms with Crippen LogP contribution in [0.1, 0.15) is 25.3 Å². The predicted molar refractivity (Wildman–Crippen MR) is 64.7 cm³/mol. The predicted octanol–water partition coefficient (Wildman–Crippen LogP) is 2.95. The standard InChI is InChI=1S/C13H16ClFO2/c1-2-17-10-7-13(16,8-10)6-9-4-3-5-11(15)12(9)14/h3-5,10,16H,2,6-8H2,1H3. The molecular formula is C13H16ClFO2. The molecule has 2 rings (SSSR count). The van der Waals surface area contributed by atoms with Crippen molar-refractivity contribution in [3.05, 3.63) is 34.6 Å². The number of hydrogen-bond donors (Lipinski definition) is 1. The summed E-state index contributed by atoms with van der Waals surface area (Å²) in [5.41, 5.74) is -0.138. The third kappa shape index (κ3) is 2.79. The molecule has 0 aliphatic heterocycles. The van der Waals surface area contributed by atoms with E-state index in [1.54, 1.807) is 12.1 Å². The summed E-state index contributed by atoms with van der Waals surface area (Å²) in [5.74, 6) is -0.437. The van der Waals surface area contributed by atoms with Crippen LogP contribution in [-0.4, -0.2) is 23.4 Å². The lowest BCUT2D eigenvalue weighted by Gasteiger charge is -2.43. The summed E-state index contributed by atoms with van der Waals surface area (Å²) in [4.78, 5) is 0. The summed E-state index contributed by atoms with van der Waals surface area (Å²) in [7, 11) is 0. The van der Waals surface area contributed by atoms with Gasteiger partial charge in [0.05, 0.1) is 16.7 Å². The molecule has 0 heterocycles. The van der Waals surface area contributed by atoms with Gasteiger partial charge in [0.25, 0.3) is 0 Å². The van der Waals surface area contributed by atoms with Crippen LogP contribution in [0.5, 0.6) is 0 Å². The molecule has 0 aromatic heterocycles. The zero-order chi connectivity index (χ0) is 12.5. The maximum atomic E-state index is 13.2. The van der Waals surface area contributed by atoms with Gasteiger partial charge in [-0.2, -0.15) is 0 Å². The summed E-state index contributed by atoms with van der Waals surface area (Å²) in [6.07, 6.45) is 1.69. The average molecular weight is 259 g/mol. The molecule has 2 nitrogen and oxygen atoms in total. The first-order chi connectivity index (χ1) is 8.04. The molecule has 0 radical (unpaired) electrons. The van der Waals surface area contributed by atoms with Gasteiger partial charge in [0.1, 0.15) is 5.82 Å². The number of benzene rings is 1. The first kappa shape index (κ1) is 12.8. The molecule has 17 heavy (non-hydrogen) atoms. The van der Waals surface area contributed by atoms with Gasteiger partial charge in [0, 0.05) is 25.9 Å². The Bertz CT molecular complexity index is 402. The van der Waals surface area contributed by atoms with Crippen molar-refractivity contribution in [2.75, 3.05) is 6.61 Å². The summed E-state index contributed by atoms with van der Waals surface area (Å²) < 4.78 is 18.6. The van der Waals surface area contributed by atoms with E-state index in [4.69, 9.17) is 16.3 Å². The number of aliphatic hydroxyl groups is 1. The van der Waals surface area contributed by atoms with Crippen molar-refractivity contribution >= 4 is 11.6 Å². The number of halogens is 2. The van der Waals surface area contributed by atoms with Crippen molar-refractivity contribution in [3.8, 4) is 0 Å².